The van der Waals surface area contributed by atoms with Crippen LogP contribution in [0.15, 0.2) is 24.5 Å². The van der Waals surface area contributed by atoms with Crippen molar-refractivity contribution in [3.8, 4) is 0 Å². The van der Waals surface area contributed by atoms with E-state index in [4.69, 9.17) is 4.74 Å². The van der Waals surface area contributed by atoms with Crippen molar-refractivity contribution >= 4 is 6.09 Å². The summed E-state index contributed by atoms with van der Waals surface area (Å²) in [4.78, 5) is 18.4. The molecule has 2 aliphatic heterocycles. The number of nitrogens with zero attached hydrogens (tertiary/aromatic N) is 2. The Balaban J connectivity index is 1.70. The summed E-state index contributed by atoms with van der Waals surface area (Å²) >= 11 is 0. The molecule has 1 amide bonds. The molecule has 3 rings (SSSR count). The number of ether oxygens (including phenoxy) is 1. The van der Waals surface area contributed by atoms with E-state index < -0.39 is 11.2 Å². The van der Waals surface area contributed by atoms with Gasteiger partial charge in [0, 0.05) is 30.9 Å². The Morgan fingerprint density at radius 2 is 2.04 bits per heavy atom. The first-order chi connectivity index (χ1) is 10.8. The number of amides is 1. The number of hydrogen-bond donors (Lipinski definition) is 1. The predicted octanol–water partition coefficient (Wildman–Crippen LogP) is 2.92. The van der Waals surface area contributed by atoms with Gasteiger partial charge < -0.3 is 14.7 Å². The van der Waals surface area contributed by atoms with Crippen molar-refractivity contribution in [2.75, 3.05) is 0 Å². The molecule has 2 bridgehead atoms. The highest BCUT2D eigenvalue weighted by atomic mass is 16.6. The van der Waals surface area contributed by atoms with Gasteiger partial charge in [-0.1, -0.05) is 6.07 Å². The Morgan fingerprint density at radius 1 is 1.39 bits per heavy atom. The Kier molecular flexibility index (Phi) is 4.08. The monoisotopic (exact) mass is 318 g/mol. The second kappa shape index (κ2) is 5.78. The van der Waals surface area contributed by atoms with Crippen molar-refractivity contribution in [2.24, 2.45) is 0 Å². The smallest absolute Gasteiger partial charge is 0.410 e. The first-order valence-corrected chi connectivity index (χ1v) is 8.38. The molecular weight excluding hydrogens is 292 g/mol. The van der Waals surface area contributed by atoms with Crippen LogP contribution in [0.1, 0.15) is 52.0 Å². The number of rotatable bonds is 2. The Labute approximate surface area is 137 Å². The number of carbonyl (C=O) groups is 1. The molecule has 126 valence electrons. The molecule has 0 saturated carbocycles. The third kappa shape index (κ3) is 3.66. The van der Waals surface area contributed by atoms with Gasteiger partial charge in [-0.25, -0.2) is 4.79 Å². The lowest BCUT2D eigenvalue weighted by molar-refractivity contribution is -0.0579. The molecule has 2 unspecified atom stereocenters. The van der Waals surface area contributed by atoms with E-state index in [1.807, 2.05) is 37.8 Å². The number of fused-ring (bicyclic) bond motifs is 2. The van der Waals surface area contributed by atoms with E-state index in [9.17, 15) is 9.90 Å². The molecule has 2 fully saturated rings. The fourth-order valence-corrected chi connectivity index (χ4v) is 3.96. The highest BCUT2D eigenvalue weighted by Gasteiger charge is 2.50. The third-order valence-corrected chi connectivity index (χ3v) is 4.71. The van der Waals surface area contributed by atoms with E-state index in [0.717, 1.165) is 18.4 Å². The minimum absolute atomic E-state index is 0.0743. The Morgan fingerprint density at radius 3 is 2.57 bits per heavy atom. The van der Waals surface area contributed by atoms with Gasteiger partial charge in [-0.05, 0) is 58.1 Å². The van der Waals surface area contributed by atoms with Gasteiger partial charge in [0.1, 0.15) is 5.60 Å². The van der Waals surface area contributed by atoms with Crippen LogP contribution in [0.2, 0.25) is 0 Å². The topological polar surface area (TPSA) is 62.7 Å². The zero-order chi connectivity index (χ0) is 16.7. The van der Waals surface area contributed by atoms with Crippen LogP contribution in [0.5, 0.6) is 0 Å². The maximum absolute atomic E-state index is 12.5. The van der Waals surface area contributed by atoms with E-state index in [-0.39, 0.29) is 18.2 Å². The van der Waals surface area contributed by atoms with Gasteiger partial charge in [0.15, 0.2) is 0 Å². The lowest BCUT2D eigenvalue weighted by Crippen LogP contribution is -2.54. The molecular formula is C18H26N2O3. The molecule has 0 radical (unpaired) electrons. The van der Waals surface area contributed by atoms with Crippen molar-refractivity contribution in [3.63, 3.8) is 0 Å². The molecule has 2 atom stereocenters. The van der Waals surface area contributed by atoms with E-state index in [2.05, 4.69) is 4.98 Å². The van der Waals surface area contributed by atoms with Crippen LogP contribution in [-0.2, 0) is 11.2 Å². The summed E-state index contributed by atoms with van der Waals surface area (Å²) in [6.45, 7) is 5.65. The molecule has 5 nitrogen and oxygen atoms in total. The number of aliphatic hydroxyl groups is 1. The highest BCUT2D eigenvalue weighted by molar-refractivity contribution is 5.69. The maximum Gasteiger partial charge on any atom is 0.410 e. The van der Waals surface area contributed by atoms with E-state index in [1.165, 1.54) is 0 Å². The van der Waals surface area contributed by atoms with E-state index in [0.29, 0.717) is 19.3 Å². The van der Waals surface area contributed by atoms with E-state index >= 15 is 0 Å². The zero-order valence-corrected chi connectivity index (χ0v) is 14.2. The third-order valence-electron chi connectivity index (χ3n) is 4.71. The molecule has 2 saturated heterocycles. The van der Waals surface area contributed by atoms with Crippen molar-refractivity contribution in [2.45, 2.75) is 76.2 Å². The molecule has 3 heterocycles. The van der Waals surface area contributed by atoms with E-state index in [1.54, 1.807) is 12.4 Å². The predicted molar refractivity (Wildman–Crippen MR) is 87.0 cm³/mol. The van der Waals surface area contributed by atoms with Crippen molar-refractivity contribution in [1.82, 2.24) is 9.88 Å². The largest absolute Gasteiger partial charge is 0.444 e. The summed E-state index contributed by atoms with van der Waals surface area (Å²) in [6.07, 6.45) is 7.00. The minimum atomic E-state index is -0.757. The van der Waals surface area contributed by atoms with Crippen LogP contribution >= 0.6 is 0 Å². The summed E-state index contributed by atoms with van der Waals surface area (Å²) in [5.74, 6) is 0. The maximum atomic E-state index is 12.5. The minimum Gasteiger partial charge on any atom is -0.444 e. The summed E-state index contributed by atoms with van der Waals surface area (Å²) < 4.78 is 5.54. The average Bonchev–Trinajstić information content (AvgIpc) is 2.71. The van der Waals surface area contributed by atoms with Gasteiger partial charge in [0.05, 0.1) is 5.60 Å². The van der Waals surface area contributed by atoms with Crippen molar-refractivity contribution in [3.05, 3.63) is 30.1 Å². The highest BCUT2D eigenvalue weighted by Crippen LogP contribution is 2.42. The second-order valence-corrected chi connectivity index (χ2v) is 7.94. The van der Waals surface area contributed by atoms with Crippen molar-refractivity contribution in [1.29, 1.82) is 0 Å². The summed E-state index contributed by atoms with van der Waals surface area (Å²) in [6, 6.07) is 4.03. The fourth-order valence-electron chi connectivity index (χ4n) is 3.96. The molecule has 5 heteroatoms. The van der Waals surface area contributed by atoms with Gasteiger partial charge in [-0.2, -0.15) is 0 Å². The number of pyridine rings is 1. The first-order valence-electron chi connectivity index (χ1n) is 8.38. The van der Waals surface area contributed by atoms with Crippen LogP contribution in [0.25, 0.3) is 0 Å². The van der Waals surface area contributed by atoms with Gasteiger partial charge in [-0.3, -0.25) is 4.98 Å². The van der Waals surface area contributed by atoms with Crippen LogP contribution < -0.4 is 0 Å². The van der Waals surface area contributed by atoms with Gasteiger partial charge >= 0.3 is 6.09 Å². The zero-order valence-electron chi connectivity index (χ0n) is 14.2. The number of piperidine rings is 1. The van der Waals surface area contributed by atoms with Crippen molar-refractivity contribution < 1.29 is 14.6 Å². The summed E-state index contributed by atoms with van der Waals surface area (Å²) in [7, 11) is 0. The summed E-state index contributed by atoms with van der Waals surface area (Å²) in [5, 5.41) is 11.0. The molecule has 2 aliphatic rings. The lowest BCUT2D eigenvalue weighted by atomic mass is 9.82. The lowest BCUT2D eigenvalue weighted by Gasteiger charge is -2.44. The number of carbonyl (C=O) groups excluding carboxylic acids is 1. The second-order valence-electron chi connectivity index (χ2n) is 7.94. The molecule has 0 aliphatic carbocycles. The molecule has 1 aromatic heterocycles. The van der Waals surface area contributed by atoms with Crippen LogP contribution in [0, 0.1) is 0 Å². The Hall–Kier alpha value is -1.62. The van der Waals surface area contributed by atoms with Gasteiger partial charge in [0.2, 0.25) is 0 Å². The van der Waals surface area contributed by atoms with Gasteiger partial charge in [-0.15, -0.1) is 0 Å². The Bertz CT molecular complexity index is 553. The normalized spacial score (nSPS) is 30.3. The molecule has 0 spiro atoms. The van der Waals surface area contributed by atoms with Crippen LogP contribution in [0.4, 0.5) is 4.79 Å². The fraction of sp³-hybridized carbons (Fsp3) is 0.667. The average molecular weight is 318 g/mol. The standard InChI is InChI=1S/C18H26N2O3/c1-17(2,3)23-16(21)20-14-6-7-15(20)11-18(22,10-14)9-13-5-4-8-19-12-13/h4-5,8,12,14-15,22H,6-7,9-11H2,1-3H3. The molecule has 0 aromatic carbocycles. The number of hydrogen-bond acceptors (Lipinski definition) is 4. The SMILES string of the molecule is CC(C)(C)OC(=O)N1C2CCC1CC(O)(Cc1cccnc1)C2. The number of aromatic nitrogens is 1. The molecule has 1 N–H and O–H groups in total. The quantitative estimate of drug-likeness (QED) is 0.911. The van der Waals surface area contributed by atoms with Crippen LogP contribution in [0.3, 0.4) is 0 Å². The summed E-state index contributed by atoms with van der Waals surface area (Å²) in [5.41, 5.74) is -0.201. The van der Waals surface area contributed by atoms with Gasteiger partial charge in [0.25, 0.3) is 0 Å². The molecule has 23 heavy (non-hydrogen) atoms. The first kappa shape index (κ1) is 16.2. The molecule has 1 aromatic rings. The van der Waals surface area contributed by atoms with Crippen LogP contribution in [-0.4, -0.2) is 44.4 Å².